The molecule has 19 heavy (non-hydrogen) atoms. The molecule has 0 fully saturated rings. The number of nitrogens with one attached hydrogen (secondary N) is 1. The van der Waals surface area contributed by atoms with Crippen LogP contribution in [0.15, 0.2) is 29.2 Å². The van der Waals surface area contributed by atoms with E-state index in [4.69, 9.17) is 4.74 Å². The second kappa shape index (κ2) is 8.72. The zero-order chi connectivity index (χ0) is 14.1. The van der Waals surface area contributed by atoms with Gasteiger partial charge in [-0.15, -0.1) is 11.8 Å². The number of rotatable bonds is 8. The molecule has 0 spiro atoms. The van der Waals surface area contributed by atoms with Gasteiger partial charge in [0.2, 0.25) is 5.91 Å². The van der Waals surface area contributed by atoms with Gasteiger partial charge in [0.1, 0.15) is 0 Å². The number of hydrogen-bond acceptors (Lipinski definition) is 4. The SMILES string of the molecule is CCC(=O)c1ccc(SCC(=O)NCCOC)cc1. The molecule has 5 heteroatoms. The molecule has 1 amide bonds. The summed E-state index contributed by atoms with van der Waals surface area (Å²) < 4.78 is 4.85. The second-order valence-corrected chi connectivity index (χ2v) is 4.98. The molecular formula is C14H19NO3S. The maximum absolute atomic E-state index is 11.5. The topological polar surface area (TPSA) is 55.4 Å². The van der Waals surface area contributed by atoms with Gasteiger partial charge in [0.05, 0.1) is 12.4 Å². The summed E-state index contributed by atoms with van der Waals surface area (Å²) in [6.45, 7) is 2.89. The highest BCUT2D eigenvalue weighted by Gasteiger charge is 2.05. The molecule has 0 radical (unpaired) electrons. The van der Waals surface area contributed by atoms with Crippen LogP contribution in [0.1, 0.15) is 23.7 Å². The van der Waals surface area contributed by atoms with E-state index in [9.17, 15) is 9.59 Å². The van der Waals surface area contributed by atoms with Crippen LogP contribution in [0.3, 0.4) is 0 Å². The number of carbonyl (C=O) groups is 2. The average Bonchev–Trinajstić information content (AvgIpc) is 2.45. The van der Waals surface area contributed by atoms with E-state index < -0.39 is 0 Å². The lowest BCUT2D eigenvalue weighted by Gasteiger charge is -2.05. The molecule has 4 nitrogen and oxygen atoms in total. The third-order valence-corrected chi connectivity index (χ3v) is 3.51. The lowest BCUT2D eigenvalue weighted by atomic mass is 10.1. The van der Waals surface area contributed by atoms with E-state index in [2.05, 4.69) is 5.32 Å². The smallest absolute Gasteiger partial charge is 0.230 e. The third kappa shape index (κ3) is 5.89. The minimum absolute atomic E-state index is 0.0178. The van der Waals surface area contributed by atoms with Crippen molar-refractivity contribution in [2.24, 2.45) is 0 Å². The van der Waals surface area contributed by atoms with Crippen LogP contribution >= 0.6 is 11.8 Å². The monoisotopic (exact) mass is 281 g/mol. The molecule has 0 saturated heterocycles. The van der Waals surface area contributed by atoms with Gasteiger partial charge in [-0.2, -0.15) is 0 Å². The van der Waals surface area contributed by atoms with Crippen LogP contribution in [0.25, 0.3) is 0 Å². The van der Waals surface area contributed by atoms with Crippen LogP contribution in [0.2, 0.25) is 0 Å². The van der Waals surface area contributed by atoms with Gasteiger partial charge in [0, 0.05) is 30.5 Å². The van der Waals surface area contributed by atoms with Crippen molar-refractivity contribution in [3.05, 3.63) is 29.8 Å². The number of ketones is 1. The zero-order valence-electron chi connectivity index (χ0n) is 11.3. The number of hydrogen-bond donors (Lipinski definition) is 1. The molecule has 0 unspecified atom stereocenters. The Hall–Kier alpha value is -1.33. The minimum Gasteiger partial charge on any atom is -0.383 e. The van der Waals surface area contributed by atoms with Gasteiger partial charge >= 0.3 is 0 Å². The van der Waals surface area contributed by atoms with Crippen LogP contribution < -0.4 is 5.32 Å². The lowest BCUT2D eigenvalue weighted by Crippen LogP contribution is -2.28. The average molecular weight is 281 g/mol. The Morgan fingerprint density at radius 3 is 2.53 bits per heavy atom. The predicted molar refractivity (Wildman–Crippen MR) is 76.7 cm³/mol. The Labute approximate surface area is 117 Å². The first-order chi connectivity index (χ1) is 9.17. The van der Waals surface area contributed by atoms with E-state index in [-0.39, 0.29) is 11.7 Å². The molecule has 0 aromatic heterocycles. The first-order valence-corrected chi connectivity index (χ1v) is 7.17. The van der Waals surface area contributed by atoms with Gasteiger partial charge in [0.25, 0.3) is 0 Å². The summed E-state index contributed by atoms with van der Waals surface area (Å²) in [7, 11) is 1.60. The van der Waals surface area contributed by atoms with E-state index >= 15 is 0 Å². The van der Waals surface area contributed by atoms with Crippen molar-refractivity contribution in [1.29, 1.82) is 0 Å². The molecule has 0 aliphatic heterocycles. The fourth-order valence-corrected chi connectivity index (χ4v) is 2.16. The van der Waals surface area contributed by atoms with Crippen LogP contribution in [-0.2, 0) is 9.53 Å². The van der Waals surface area contributed by atoms with E-state index in [0.29, 0.717) is 25.3 Å². The molecule has 0 saturated carbocycles. The molecule has 0 atom stereocenters. The van der Waals surface area contributed by atoms with Crippen molar-refractivity contribution in [2.45, 2.75) is 18.2 Å². The van der Waals surface area contributed by atoms with Crippen molar-refractivity contribution < 1.29 is 14.3 Å². The lowest BCUT2D eigenvalue weighted by molar-refractivity contribution is -0.118. The number of benzene rings is 1. The second-order valence-electron chi connectivity index (χ2n) is 3.93. The summed E-state index contributed by atoms with van der Waals surface area (Å²) in [5, 5.41) is 2.75. The minimum atomic E-state index is -0.0178. The fourth-order valence-electron chi connectivity index (χ4n) is 1.43. The van der Waals surface area contributed by atoms with Crippen LogP contribution in [0, 0.1) is 0 Å². The number of amides is 1. The highest BCUT2D eigenvalue weighted by atomic mass is 32.2. The number of Topliss-reactive ketones (excluding diaryl/α,β-unsaturated/α-hetero) is 1. The van der Waals surface area contributed by atoms with E-state index in [1.807, 2.05) is 19.1 Å². The summed E-state index contributed by atoms with van der Waals surface area (Å²) in [4.78, 5) is 23.9. The Kier molecular flexibility index (Phi) is 7.22. The molecule has 0 aliphatic carbocycles. The summed E-state index contributed by atoms with van der Waals surface area (Å²) in [6.07, 6.45) is 0.508. The van der Waals surface area contributed by atoms with E-state index in [1.54, 1.807) is 19.2 Å². The Bertz CT molecular complexity index is 417. The maximum Gasteiger partial charge on any atom is 0.230 e. The Balaban J connectivity index is 2.37. The third-order valence-electron chi connectivity index (χ3n) is 2.50. The highest BCUT2D eigenvalue weighted by molar-refractivity contribution is 8.00. The summed E-state index contributed by atoms with van der Waals surface area (Å²) in [6, 6.07) is 7.35. The van der Waals surface area contributed by atoms with Gasteiger partial charge in [-0.1, -0.05) is 19.1 Å². The first-order valence-electron chi connectivity index (χ1n) is 6.19. The van der Waals surface area contributed by atoms with E-state index in [0.717, 1.165) is 10.5 Å². The van der Waals surface area contributed by atoms with Gasteiger partial charge in [-0.05, 0) is 12.1 Å². The van der Waals surface area contributed by atoms with Crippen molar-refractivity contribution in [3.63, 3.8) is 0 Å². The molecule has 1 N–H and O–H groups in total. The molecule has 1 rings (SSSR count). The van der Waals surface area contributed by atoms with Crippen LogP contribution in [-0.4, -0.2) is 37.7 Å². The summed E-state index contributed by atoms with van der Waals surface area (Å²) >= 11 is 1.45. The fraction of sp³-hybridized carbons (Fsp3) is 0.429. The highest BCUT2D eigenvalue weighted by Crippen LogP contribution is 2.18. The molecular weight excluding hydrogens is 262 g/mol. The molecule has 104 valence electrons. The maximum atomic E-state index is 11.5. The normalized spacial score (nSPS) is 10.2. The zero-order valence-corrected chi connectivity index (χ0v) is 12.1. The van der Waals surface area contributed by atoms with Gasteiger partial charge in [0.15, 0.2) is 5.78 Å². The van der Waals surface area contributed by atoms with Crippen LogP contribution in [0.5, 0.6) is 0 Å². The number of carbonyl (C=O) groups excluding carboxylic acids is 2. The van der Waals surface area contributed by atoms with Crippen molar-refractivity contribution in [1.82, 2.24) is 5.32 Å². The molecule has 1 aromatic carbocycles. The molecule has 0 bridgehead atoms. The van der Waals surface area contributed by atoms with Crippen molar-refractivity contribution in [3.8, 4) is 0 Å². The standard InChI is InChI=1S/C14H19NO3S/c1-3-13(16)11-4-6-12(7-5-11)19-10-14(17)15-8-9-18-2/h4-7H,3,8-10H2,1-2H3,(H,15,17). The molecule has 0 aliphatic rings. The Morgan fingerprint density at radius 2 is 1.95 bits per heavy atom. The van der Waals surface area contributed by atoms with Gasteiger partial charge in [-0.25, -0.2) is 0 Å². The Morgan fingerprint density at radius 1 is 1.26 bits per heavy atom. The molecule has 0 heterocycles. The van der Waals surface area contributed by atoms with Gasteiger partial charge in [-0.3, -0.25) is 9.59 Å². The van der Waals surface area contributed by atoms with Crippen molar-refractivity contribution in [2.75, 3.05) is 26.0 Å². The largest absolute Gasteiger partial charge is 0.383 e. The predicted octanol–water partition coefficient (Wildman–Crippen LogP) is 2.13. The number of thioether (sulfide) groups is 1. The van der Waals surface area contributed by atoms with Gasteiger partial charge < -0.3 is 10.1 Å². The number of methoxy groups -OCH3 is 1. The number of ether oxygens (including phenoxy) is 1. The molecule has 1 aromatic rings. The van der Waals surface area contributed by atoms with Crippen molar-refractivity contribution >= 4 is 23.5 Å². The van der Waals surface area contributed by atoms with E-state index in [1.165, 1.54) is 11.8 Å². The summed E-state index contributed by atoms with van der Waals surface area (Å²) in [5.74, 6) is 0.481. The quantitative estimate of drug-likeness (QED) is 0.450. The first kappa shape index (κ1) is 15.7. The summed E-state index contributed by atoms with van der Waals surface area (Å²) in [5.41, 5.74) is 0.719. The van der Waals surface area contributed by atoms with Crippen LogP contribution in [0.4, 0.5) is 0 Å².